The molecule has 0 saturated carbocycles. The van der Waals surface area contributed by atoms with Gasteiger partial charge in [0.05, 0.1) is 17.0 Å². The number of sulfonamides is 1. The number of carboxylic acid groups (broad SMARTS) is 1. The van der Waals surface area contributed by atoms with E-state index in [1.807, 2.05) is 6.07 Å². The Hall–Kier alpha value is -1.82. The lowest BCUT2D eigenvalue weighted by Gasteiger charge is -2.29. The summed E-state index contributed by atoms with van der Waals surface area (Å²) in [5.74, 6) is -0.718. The molecule has 0 amide bonds. The highest BCUT2D eigenvalue weighted by Gasteiger charge is 2.28. The van der Waals surface area contributed by atoms with Gasteiger partial charge in [0.15, 0.2) is 0 Å². The van der Waals surface area contributed by atoms with Crippen molar-refractivity contribution in [2.45, 2.75) is 38.5 Å². The van der Waals surface area contributed by atoms with E-state index in [0.29, 0.717) is 18.7 Å². The standard InChI is InChI=1S/C17H21NO4S/c1-12-15(13-6-2-3-7-13)10-14(11-16(12)17(19)20)18-8-4-5-9-23(18,21)22/h2,6,10-11,13H,3-5,7-9H2,1H3,(H,19,20). The molecule has 124 valence electrons. The Kier molecular flexibility index (Phi) is 4.19. The lowest BCUT2D eigenvalue weighted by Crippen LogP contribution is -2.38. The Balaban J connectivity index is 2.13. The van der Waals surface area contributed by atoms with Crippen molar-refractivity contribution in [1.29, 1.82) is 0 Å². The summed E-state index contributed by atoms with van der Waals surface area (Å²) in [5, 5.41) is 9.50. The summed E-state index contributed by atoms with van der Waals surface area (Å²) in [6, 6.07) is 3.37. The van der Waals surface area contributed by atoms with Crippen molar-refractivity contribution in [3.05, 3.63) is 41.0 Å². The normalized spacial score (nSPS) is 23.2. The van der Waals surface area contributed by atoms with Gasteiger partial charge in [-0.05, 0) is 55.9 Å². The molecular weight excluding hydrogens is 314 g/mol. The summed E-state index contributed by atoms with van der Waals surface area (Å²) in [4.78, 5) is 11.6. The molecule has 0 radical (unpaired) electrons. The van der Waals surface area contributed by atoms with E-state index in [1.54, 1.807) is 6.92 Å². The first-order valence-corrected chi connectivity index (χ1v) is 9.56. The molecule has 23 heavy (non-hydrogen) atoms. The SMILES string of the molecule is Cc1c(C(=O)O)cc(N2CCCCS2(=O)=O)cc1C1C=CCC1. The molecule has 1 fully saturated rings. The molecule has 1 atom stereocenters. The zero-order chi connectivity index (χ0) is 16.6. The number of allylic oxidation sites excluding steroid dienone is 2. The number of anilines is 1. The molecule has 0 aromatic heterocycles. The van der Waals surface area contributed by atoms with Crippen LogP contribution in [0.5, 0.6) is 0 Å². The minimum atomic E-state index is -3.35. The van der Waals surface area contributed by atoms with Gasteiger partial charge < -0.3 is 5.11 Å². The molecule has 1 aliphatic carbocycles. The molecule has 3 rings (SSSR count). The second kappa shape index (κ2) is 6.00. The van der Waals surface area contributed by atoms with Gasteiger partial charge in [-0.3, -0.25) is 4.31 Å². The van der Waals surface area contributed by atoms with Crippen LogP contribution in [0.25, 0.3) is 0 Å². The third kappa shape index (κ3) is 3.00. The van der Waals surface area contributed by atoms with Crippen molar-refractivity contribution in [2.75, 3.05) is 16.6 Å². The number of benzene rings is 1. The van der Waals surface area contributed by atoms with Crippen LogP contribution in [0.15, 0.2) is 24.3 Å². The lowest BCUT2D eigenvalue weighted by atomic mass is 9.90. The van der Waals surface area contributed by atoms with Crippen molar-refractivity contribution < 1.29 is 18.3 Å². The topological polar surface area (TPSA) is 74.7 Å². The number of carboxylic acids is 1. The van der Waals surface area contributed by atoms with Crippen LogP contribution in [0.4, 0.5) is 5.69 Å². The summed E-state index contributed by atoms with van der Waals surface area (Å²) in [5.41, 5.74) is 2.34. The molecule has 1 aromatic rings. The van der Waals surface area contributed by atoms with Crippen LogP contribution in [-0.2, 0) is 10.0 Å². The highest BCUT2D eigenvalue weighted by atomic mass is 32.2. The monoisotopic (exact) mass is 335 g/mol. The molecule has 6 heteroatoms. The third-order valence-electron chi connectivity index (χ3n) is 4.71. The van der Waals surface area contributed by atoms with E-state index in [9.17, 15) is 18.3 Å². The maximum absolute atomic E-state index is 12.3. The van der Waals surface area contributed by atoms with Crippen LogP contribution < -0.4 is 4.31 Å². The largest absolute Gasteiger partial charge is 0.478 e. The quantitative estimate of drug-likeness (QED) is 0.862. The Bertz CT molecular complexity index is 767. The molecular formula is C17H21NO4S. The molecule has 1 aliphatic heterocycles. The van der Waals surface area contributed by atoms with Crippen LogP contribution in [0.1, 0.15) is 53.1 Å². The van der Waals surface area contributed by atoms with E-state index in [0.717, 1.165) is 30.4 Å². The zero-order valence-electron chi connectivity index (χ0n) is 13.2. The van der Waals surface area contributed by atoms with E-state index in [-0.39, 0.29) is 17.2 Å². The number of nitrogens with zero attached hydrogens (tertiary/aromatic N) is 1. The Labute approximate surface area is 136 Å². The first-order valence-electron chi connectivity index (χ1n) is 7.95. The predicted molar refractivity (Wildman–Crippen MR) is 89.6 cm³/mol. The van der Waals surface area contributed by atoms with Gasteiger partial charge in [-0.15, -0.1) is 0 Å². The maximum atomic E-state index is 12.3. The van der Waals surface area contributed by atoms with Crippen molar-refractivity contribution in [3.63, 3.8) is 0 Å². The molecule has 1 N–H and O–H groups in total. The van der Waals surface area contributed by atoms with E-state index >= 15 is 0 Å². The fourth-order valence-electron chi connectivity index (χ4n) is 3.44. The van der Waals surface area contributed by atoms with Crippen molar-refractivity contribution in [1.82, 2.24) is 0 Å². The molecule has 1 heterocycles. The molecule has 0 spiro atoms. The van der Waals surface area contributed by atoms with Gasteiger partial charge in [0.1, 0.15) is 0 Å². The number of hydrogen-bond acceptors (Lipinski definition) is 3. The summed E-state index contributed by atoms with van der Waals surface area (Å²) in [6.45, 7) is 2.23. The minimum absolute atomic E-state index is 0.127. The summed E-state index contributed by atoms with van der Waals surface area (Å²) in [6.07, 6.45) is 7.55. The average Bonchev–Trinajstić information content (AvgIpc) is 3.01. The number of carbonyl (C=O) groups is 1. The second-order valence-corrected chi connectivity index (χ2v) is 8.23. The van der Waals surface area contributed by atoms with E-state index in [1.165, 1.54) is 10.4 Å². The van der Waals surface area contributed by atoms with Gasteiger partial charge in [-0.2, -0.15) is 0 Å². The van der Waals surface area contributed by atoms with Gasteiger partial charge in [-0.25, -0.2) is 13.2 Å². The average molecular weight is 335 g/mol. The van der Waals surface area contributed by atoms with Crippen LogP contribution >= 0.6 is 0 Å². The molecule has 1 unspecified atom stereocenters. The summed E-state index contributed by atoms with van der Waals surface area (Å²) < 4.78 is 26.1. The Morgan fingerprint density at radius 3 is 2.70 bits per heavy atom. The summed E-state index contributed by atoms with van der Waals surface area (Å²) >= 11 is 0. The predicted octanol–water partition coefficient (Wildman–Crippen LogP) is 3.06. The lowest BCUT2D eigenvalue weighted by molar-refractivity contribution is 0.0696. The van der Waals surface area contributed by atoms with Crippen LogP contribution in [0.2, 0.25) is 0 Å². The van der Waals surface area contributed by atoms with Crippen LogP contribution in [-0.4, -0.2) is 31.8 Å². The fourth-order valence-corrected chi connectivity index (χ4v) is 5.07. The number of hydrogen-bond donors (Lipinski definition) is 1. The molecule has 5 nitrogen and oxygen atoms in total. The van der Waals surface area contributed by atoms with Gasteiger partial charge in [0.2, 0.25) is 10.0 Å². The van der Waals surface area contributed by atoms with Crippen LogP contribution in [0.3, 0.4) is 0 Å². The number of aromatic carboxylic acids is 1. The first-order chi connectivity index (χ1) is 10.9. The Morgan fingerprint density at radius 2 is 2.09 bits per heavy atom. The third-order valence-corrected chi connectivity index (χ3v) is 6.58. The smallest absolute Gasteiger partial charge is 0.336 e. The van der Waals surface area contributed by atoms with Gasteiger partial charge in [-0.1, -0.05) is 12.2 Å². The molecule has 1 saturated heterocycles. The second-order valence-electron chi connectivity index (χ2n) is 6.22. The van der Waals surface area contributed by atoms with Gasteiger partial charge in [0.25, 0.3) is 0 Å². The minimum Gasteiger partial charge on any atom is -0.478 e. The van der Waals surface area contributed by atoms with Gasteiger partial charge >= 0.3 is 5.97 Å². The highest BCUT2D eigenvalue weighted by Crippen LogP contribution is 2.36. The maximum Gasteiger partial charge on any atom is 0.336 e. The van der Waals surface area contributed by atoms with Crippen molar-refractivity contribution >= 4 is 21.7 Å². The van der Waals surface area contributed by atoms with Crippen LogP contribution in [0, 0.1) is 6.92 Å². The Morgan fingerprint density at radius 1 is 1.30 bits per heavy atom. The van der Waals surface area contributed by atoms with E-state index in [4.69, 9.17) is 0 Å². The highest BCUT2D eigenvalue weighted by molar-refractivity contribution is 7.92. The van der Waals surface area contributed by atoms with E-state index in [2.05, 4.69) is 12.2 Å². The first kappa shape index (κ1) is 16.1. The fraction of sp³-hybridized carbons (Fsp3) is 0.471. The molecule has 0 bridgehead atoms. The molecule has 2 aliphatic rings. The summed E-state index contributed by atoms with van der Waals surface area (Å²) in [7, 11) is -3.35. The molecule has 1 aromatic carbocycles. The van der Waals surface area contributed by atoms with Crippen molar-refractivity contribution in [3.8, 4) is 0 Å². The van der Waals surface area contributed by atoms with Crippen molar-refractivity contribution in [2.24, 2.45) is 0 Å². The van der Waals surface area contributed by atoms with E-state index < -0.39 is 16.0 Å². The number of rotatable bonds is 3. The zero-order valence-corrected chi connectivity index (χ0v) is 14.0. The van der Waals surface area contributed by atoms with Gasteiger partial charge in [0, 0.05) is 12.5 Å².